The molecule has 2 aliphatic rings. The summed E-state index contributed by atoms with van der Waals surface area (Å²) >= 11 is 0. The Kier molecular flexibility index (Phi) is 4.05. The molecule has 6 nitrogen and oxygen atoms in total. The van der Waals surface area contributed by atoms with E-state index in [0.717, 1.165) is 29.7 Å². The van der Waals surface area contributed by atoms with Crippen LogP contribution in [0.15, 0.2) is 18.2 Å². The summed E-state index contributed by atoms with van der Waals surface area (Å²) in [5.74, 6) is -1.76. The van der Waals surface area contributed by atoms with Crippen LogP contribution in [0.2, 0.25) is 0 Å². The average Bonchev–Trinajstić information content (AvgIpc) is 3.30. The molecule has 7 heteroatoms. The number of aromatic nitrogens is 2. The number of carbonyl (C=O) groups is 2. The number of carboxylic acid groups (broad SMARTS) is 1. The number of benzene rings is 1. The van der Waals surface area contributed by atoms with Crippen molar-refractivity contribution in [1.29, 1.82) is 0 Å². The number of rotatable bonds is 3. The van der Waals surface area contributed by atoms with E-state index in [1.807, 2.05) is 13.0 Å². The van der Waals surface area contributed by atoms with Gasteiger partial charge in [-0.1, -0.05) is 12.1 Å². The van der Waals surface area contributed by atoms with Gasteiger partial charge in [0, 0.05) is 17.8 Å². The Bertz CT molecular complexity index is 932. The van der Waals surface area contributed by atoms with Crippen LogP contribution in [0, 0.1) is 12.7 Å². The first kappa shape index (κ1) is 17.7. The Morgan fingerprint density at radius 1 is 1.26 bits per heavy atom. The van der Waals surface area contributed by atoms with Crippen molar-refractivity contribution in [3.63, 3.8) is 0 Å². The maximum absolute atomic E-state index is 14.5. The molecule has 27 heavy (non-hydrogen) atoms. The molecule has 0 saturated carbocycles. The maximum Gasteiger partial charge on any atom is 0.329 e. The van der Waals surface area contributed by atoms with Gasteiger partial charge in [-0.3, -0.25) is 4.79 Å². The fourth-order valence-corrected chi connectivity index (χ4v) is 4.32. The van der Waals surface area contributed by atoms with Gasteiger partial charge in [0.2, 0.25) is 0 Å². The van der Waals surface area contributed by atoms with Gasteiger partial charge in [-0.05, 0) is 57.6 Å². The van der Waals surface area contributed by atoms with Crippen molar-refractivity contribution in [2.75, 3.05) is 6.54 Å². The van der Waals surface area contributed by atoms with E-state index in [2.05, 4.69) is 5.10 Å². The number of halogens is 1. The molecule has 1 atom stereocenters. The lowest BCUT2D eigenvalue weighted by molar-refractivity contribution is -0.147. The highest BCUT2D eigenvalue weighted by Gasteiger charge is 2.47. The van der Waals surface area contributed by atoms with Crippen LogP contribution in [0.1, 0.15) is 53.5 Å². The van der Waals surface area contributed by atoms with Gasteiger partial charge < -0.3 is 10.0 Å². The summed E-state index contributed by atoms with van der Waals surface area (Å²) in [5, 5.41) is 14.1. The largest absolute Gasteiger partial charge is 0.480 e. The van der Waals surface area contributed by atoms with E-state index in [1.165, 1.54) is 11.0 Å². The number of para-hydroxylation sites is 1. The summed E-state index contributed by atoms with van der Waals surface area (Å²) < 4.78 is 16.1. The monoisotopic (exact) mass is 371 g/mol. The van der Waals surface area contributed by atoms with Crippen LogP contribution in [0.3, 0.4) is 0 Å². The number of aliphatic carboxylic acids is 1. The van der Waals surface area contributed by atoms with E-state index >= 15 is 0 Å². The van der Waals surface area contributed by atoms with Gasteiger partial charge in [-0.25, -0.2) is 13.9 Å². The fourth-order valence-electron chi connectivity index (χ4n) is 4.32. The van der Waals surface area contributed by atoms with Crippen molar-refractivity contribution < 1.29 is 19.1 Å². The van der Waals surface area contributed by atoms with Gasteiger partial charge in [-0.15, -0.1) is 0 Å². The molecule has 1 aromatic heterocycles. The molecule has 1 amide bonds. The molecular weight excluding hydrogens is 349 g/mol. The summed E-state index contributed by atoms with van der Waals surface area (Å²) in [7, 11) is 0. The van der Waals surface area contributed by atoms with E-state index in [9.17, 15) is 19.1 Å². The molecule has 1 saturated heterocycles. The summed E-state index contributed by atoms with van der Waals surface area (Å²) in [5.41, 5.74) is 1.81. The number of hydrogen-bond donors (Lipinski definition) is 1. The van der Waals surface area contributed by atoms with Crippen molar-refractivity contribution in [2.45, 2.75) is 51.5 Å². The fraction of sp³-hybridized carbons (Fsp3) is 0.450. The van der Waals surface area contributed by atoms with Crippen LogP contribution in [-0.4, -0.2) is 43.7 Å². The lowest BCUT2D eigenvalue weighted by atomic mass is 9.99. The molecule has 4 rings (SSSR count). The lowest BCUT2D eigenvalue weighted by Gasteiger charge is -2.30. The summed E-state index contributed by atoms with van der Waals surface area (Å²) in [6, 6.07) is 4.84. The molecule has 1 unspecified atom stereocenters. The first-order valence-corrected chi connectivity index (χ1v) is 9.26. The summed E-state index contributed by atoms with van der Waals surface area (Å²) in [6.07, 6.45) is 3.35. The van der Waals surface area contributed by atoms with E-state index in [4.69, 9.17) is 0 Å². The second kappa shape index (κ2) is 6.18. The molecular formula is C20H22FN3O3. The van der Waals surface area contributed by atoms with Crippen LogP contribution < -0.4 is 0 Å². The molecule has 0 spiro atoms. The number of amides is 1. The Labute approximate surface area is 156 Å². The van der Waals surface area contributed by atoms with Gasteiger partial charge in [-0.2, -0.15) is 5.10 Å². The number of hydrogen-bond acceptors (Lipinski definition) is 3. The molecule has 0 bridgehead atoms. The van der Waals surface area contributed by atoms with E-state index < -0.39 is 11.5 Å². The third-order valence-electron chi connectivity index (χ3n) is 5.88. The SMILES string of the molecule is Cc1cccc(F)c1-n1nc(C(=O)N2CCCC2(C)C(=O)O)c2c1CCC2. The van der Waals surface area contributed by atoms with Crippen LogP contribution >= 0.6 is 0 Å². The molecule has 142 valence electrons. The van der Waals surface area contributed by atoms with Crippen molar-refractivity contribution in [2.24, 2.45) is 0 Å². The zero-order valence-corrected chi connectivity index (χ0v) is 15.5. The maximum atomic E-state index is 14.5. The Morgan fingerprint density at radius 2 is 2.04 bits per heavy atom. The number of carboxylic acids is 1. The topological polar surface area (TPSA) is 75.4 Å². The summed E-state index contributed by atoms with van der Waals surface area (Å²) in [4.78, 5) is 26.4. The highest BCUT2D eigenvalue weighted by Crippen LogP contribution is 2.34. The van der Waals surface area contributed by atoms with Gasteiger partial charge in [0.1, 0.15) is 17.0 Å². The molecule has 2 heterocycles. The first-order valence-electron chi connectivity index (χ1n) is 9.26. The predicted octanol–water partition coefficient (Wildman–Crippen LogP) is 2.89. The van der Waals surface area contributed by atoms with Crippen LogP contribution in [0.5, 0.6) is 0 Å². The second-order valence-electron chi connectivity index (χ2n) is 7.58. The van der Waals surface area contributed by atoms with Crippen molar-refractivity contribution >= 4 is 11.9 Å². The van der Waals surface area contributed by atoms with Crippen molar-refractivity contribution in [1.82, 2.24) is 14.7 Å². The van der Waals surface area contributed by atoms with Crippen molar-refractivity contribution in [3.05, 3.63) is 46.5 Å². The first-order chi connectivity index (χ1) is 12.8. The van der Waals surface area contributed by atoms with E-state index in [0.29, 0.717) is 31.5 Å². The Morgan fingerprint density at radius 3 is 2.74 bits per heavy atom. The van der Waals surface area contributed by atoms with Gasteiger partial charge in [0.05, 0.1) is 0 Å². The smallest absolute Gasteiger partial charge is 0.329 e. The normalized spacial score (nSPS) is 21.5. The van der Waals surface area contributed by atoms with E-state index in [1.54, 1.807) is 17.7 Å². The van der Waals surface area contributed by atoms with Gasteiger partial charge >= 0.3 is 5.97 Å². The third-order valence-corrected chi connectivity index (χ3v) is 5.88. The van der Waals surface area contributed by atoms with Gasteiger partial charge in [0.15, 0.2) is 5.69 Å². The van der Waals surface area contributed by atoms with Crippen molar-refractivity contribution in [3.8, 4) is 5.69 Å². The Hall–Kier alpha value is -2.70. The van der Waals surface area contributed by atoms with Crippen LogP contribution in [0.25, 0.3) is 5.69 Å². The molecule has 1 aromatic carbocycles. The average molecular weight is 371 g/mol. The number of likely N-dealkylation sites (tertiary alicyclic amines) is 1. The zero-order valence-electron chi connectivity index (χ0n) is 15.5. The third kappa shape index (κ3) is 2.56. The highest BCUT2D eigenvalue weighted by molar-refractivity contribution is 5.98. The molecule has 2 aromatic rings. The minimum atomic E-state index is -1.22. The number of aryl methyl sites for hydroxylation is 1. The standard InChI is InChI=1S/C20H22FN3O3/c1-12-6-3-8-14(21)17(12)24-15-9-4-7-13(15)16(22-24)18(25)23-11-5-10-20(23,2)19(26)27/h3,6,8H,4-5,7,9-11H2,1-2H3,(H,26,27). The highest BCUT2D eigenvalue weighted by atomic mass is 19.1. The number of fused-ring (bicyclic) bond motifs is 1. The number of carbonyl (C=O) groups excluding carboxylic acids is 1. The quantitative estimate of drug-likeness (QED) is 0.900. The molecule has 1 N–H and O–H groups in total. The van der Waals surface area contributed by atoms with Crippen LogP contribution in [0.4, 0.5) is 4.39 Å². The minimum Gasteiger partial charge on any atom is -0.480 e. The molecule has 1 aliphatic carbocycles. The minimum absolute atomic E-state index is 0.263. The number of nitrogens with zero attached hydrogens (tertiary/aromatic N) is 3. The van der Waals surface area contributed by atoms with Gasteiger partial charge in [0.25, 0.3) is 5.91 Å². The molecule has 0 radical (unpaired) electrons. The summed E-state index contributed by atoms with van der Waals surface area (Å²) in [6.45, 7) is 3.78. The zero-order chi connectivity index (χ0) is 19.3. The second-order valence-corrected chi connectivity index (χ2v) is 7.58. The Balaban J connectivity index is 1.82. The molecule has 1 aliphatic heterocycles. The predicted molar refractivity (Wildman–Crippen MR) is 96.6 cm³/mol. The van der Waals surface area contributed by atoms with Crippen LogP contribution in [-0.2, 0) is 17.6 Å². The molecule has 1 fully saturated rings. The lowest BCUT2D eigenvalue weighted by Crippen LogP contribution is -2.51. The van der Waals surface area contributed by atoms with E-state index in [-0.39, 0.29) is 17.4 Å².